The van der Waals surface area contributed by atoms with E-state index in [1.807, 2.05) is 0 Å². The zero-order valence-electron chi connectivity index (χ0n) is 11.0. The van der Waals surface area contributed by atoms with E-state index in [2.05, 4.69) is 5.32 Å². The molecule has 0 spiro atoms. The maximum absolute atomic E-state index is 11.6. The fourth-order valence-corrected chi connectivity index (χ4v) is 2.43. The van der Waals surface area contributed by atoms with Crippen LogP contribution in [0.4, 0.5) is 0 Å². The number of carbonyl (C=O) groups is 1. The molecule has 1 aliphatic carbocycles. The molecule has 0 unspecified atom stereocenters. The maximum Gasteiger partial charge on any atom is 0.287 e. The zero-order valence-corrected chi connectivity index (χ0v) is 11.7. The summed E-state index contributed by atoms with van der Waals surface area (Å²) in [4.78, 5) is 11.6. The lowest BCUT2D eigenvalue weighted by Gasteiger charge is -2.21. The van der Waals surface area contributed by atoms with Crippen LogP contribution in [0.5, 0.6) is 0 Å². The highest BCUT2D eigenvalue weighted by atomic mass is 35.5. The van der Waals surface area contributed by atoms with Gasteiger partial charge in [0.25, 0.3) is 5.91 Å². The molecule has 2 rings (SSSR count). The van der Waals surface area contributed by atoms with Crippen molar-refractivity contribution in [3.8, 4) is 0 Å². The Morgan fingerprint density at radius 3 is 2.84 bits per heavy atom. The van der Waals surface area contributed by atoms with Crippen LogP contribution in [0.15, 0.2) is 16.5 Å². The summed E-state index contributed by atoms with van der Waals surface area (Å²) in [6.07, 6.45) is 7.49. The summed E-state index contributed by atoms with van der Waals surface area (Å²) in [6, 6.07) is 3.12. The van der Waals surface area contributed by atoms with E-state index in [0.717, 1.165) is 6.42 Å². The first-order chi connectivity index (χ1) is 9.25. The van der Waals surface area contributed by atoms with E-state index in [4.69, 9.17) is 20.8 Å². The Balaban J connectivity index is 1.55. The third-order valence-corrected chi connectivity index (χ3v) is 3.51. The molecule has 0 saturated heterocycles. The van der Waals surface area contributed by atoms with E-state index in [1.165, 1.54) is 32.1 Å². The minimum absolute atomic E-state index is 0.228. The molecule has 0 radical (unpaired) electrons. The van der Waals surface area contributed by atoms with Crippen LogP contribution >= 0.6 is 11.6 Å². The monoisotopic (exact) mass is 285 g/mol. The summed E-state index contributed by atoms with van der Waals surface area (Å²) in [5.74, 6) is 0.0164. The number of ether oxygens (including phenoxy) is 1. The van der Waals surface area contributed by atoms with Gasteiger partial charge in [0.05, 0.1) is 6.10 Å². The highest BCUT2D eigenvalue weighted by molar-refractivity contribution is 6.29. The molecule has 1 fully saturated rings. The van der Waals surface area contributed by atoms with Crippen molar-refractivity contribution in [2.24, 2.45) is 0 Å². The van der Waals surface area contributed by atoms with Gasteiger partial charge in [-0.1, -0.05) is 19.3 Å². The van der Waals surface area contributed by atoms with Crippen LogP contribution in [0.3, 0.4) is 0 Å². The van der Waals surface area contributed by atoms with Gasteiger partial charge in [0.1, 0.15) is 0 Å². The van der Waals surface area contributed by atoms with Gasteiger partial charge in [0.15, 0.2) is 11.0 Å². The normalized spacial score (nSPS) is 16.5. The molecular formula is C14H20ClNO3. The highest BCUT2D eigenvalue weighted by Gasteiger charge is 2.13. The van der Waals surface area contributed by atoms with Gasteiger partial charge < -0.3 is 14.5 Å². The molecule has 1 aromatic heterocycles. The fraction of sp³-hybridized carbons (Fsp3) is 0.643. The summed E-state index contributed by atoms with van der Waals surface area (Å²) >= 11 is 5.61. The van der Waals surface area contributed by atoms with E-state index in [1.54, 1.807) is 12.1 Å². The Hall–Kier alpha value is -1.00. The molecule has 1 heterocycles. The van der Waals surface area contributed by atoms with Crippen LogP contribution in [-0.2, 0) is 4.74 Å². The Kier molecular flexibility index (Phi) is 5.73. The van der Waals surface area contributed by atoms with Crippen LogP contribution in [-0.4, -0.2) is 25.2 Å². The highest BCUT2D eigenvalue weighted by Crippen LogP contribution is 2.20. The predicted octanol–water partition coefficient (Wildman–Crippen LogP) is 3.40. The summed E-state index contributed by atoms with van der Waals surface area (Å²) in [6.45, 7) is 1.29. The third kappa shape index (κ3) is 4.88. The van der Waals surface area contributed by atoms with Crippen LogP contribution in [0, 0.1) is 0 Å². The number of hydrogen-bond donors (Lipinski definition) is 1. The molecule has 0 aliphatic heterocycles. The molecule has 1 aliphatic rings. The zero-order chi connectivity index (χ0) is 13.5. The second-order valence-corrected chi connectivity index (χ2v) is 5.22. The lowest BCUT2D eigenvalue weighted by Crippen LogP contribution is -2.25. The molecule has 106 valence electrons. The average molecular weight is 286 g/mol. The van der Waals surface area contributed by atoms with Gasteiger partial charge in [-0.25, -0.2) is 0 Å². The predicted molar refractivity (Wildman–Crippen MR) is 73.5 cm³/mol. The van der Waals surface area contributed by atoms with Crippen molar-refractivity contribution < 1.29 is 13.9 Å². The molecule has 5 heteroatoms. The van der Waals surface area contributed by atoms with Crippen molar-refractivity contribution in [3.63, 3.8) is 0 Å². The maximum atomic E-state index is 11.6. The minimum atomic E-state index is -0.232. The Labute approximate surface area is 118 Å². The molecule has 0 atom stereocenters. The van der Waals surface area contributed by atoms with Crippen LogP contribution < -0.4 is 5.32 Å². The Bertz CT molecular complexity index is 399. The number of carbonyl (C=O) groups excluding carboxylic acids is 1. The molecule has 4 nitrogen and oxygen atoms in total. The van der Waals surface area contributed by atoms with E-state index >= 15 is 0 Å². The minimum Gasteiger partial charge on any atom is -0.440 e. The fourth-order valence-electron chi connectivity index (χ4n) is 2.28. The van der Waals surface area contributed by atoms with Crippen molar-refractivity contribution in [3.05, 3.63) is 23.1 Å². The standard InChI is InChI=1S/C14H20ClNO3/c15-13-8-7-12(19-13)14(17)16-9-4-10-18-11-5-2-1-3-6-11/h7-8,11H,1-6,9-10H2,(H,16,17). The van der Waals surface area contributed by atoms with Gasteiger partial charge in [-0.3, -0.25) is 4.79 Å². The van der Waals surface area contributed by atoms with Crippen molar-refractivity contribution in [1.82, 2.24) is 5.32 Å². The first kappa shape index (κ1) is 14.4. The van der Waals surface area contributed by atoms with Crippen LogP contribution in [0.25, 0.3) is 0 Å². The first-order valence-electron chi connectivity index (χ1n) is 6.91. The molecule has 19 heavy (non-hydrogen) atoms. The number of rotatable bonds is 6. The van der Waals surface area contributed by atoms with Crippen molar-refractivity contribution in [2.45, 2.75) is 44.6 Å². The van der Waals surface area contributed by atoms with Gasteiger partial charge in [-0.15, -0.1) is 0 Å². The average Bonchev–Trinajstić information content (AvgIpc) is 2.86. The molecular weight excluding hydrogens is 266 g/mol. The number of amides is 1. The van der Waals surface area contributed by atoms with Crippen molar-refractivity contribution in [2.75, 3.05) is 13.2 Å². The first-order valence-corrected chi connectivity index (χ1v) is 7.28. The van der Waals surface area contributed by atoms with E-state index in [9.17, 15) is 4.79 Å². The van der Waals surface area contributed by atoms with Crippen LogP contribution in [0.2, 0.25) is 5.22 Å². The SMILES string of the molecule is O=C(NCCCOC1CCCCC1)c1ccc(Cl)o1. The molecule has 1 N–H and O–H groups in total. The summed E-state index contributed by atoms with van der Waals surface area (Å²) in [5.41, 5.74) is 0. The summed E-state index contributed by atoms with van der Waals surface area (Å²) < 4.78 is 10.8. The van der Waals surface area contributed by atoms with Crippen molar-refractivity contribution >= 4 is 17.5 Å². The third-order valence-electron chi connectivity index (χ3n) is 3.31. The van der Waals surface area contributed by atoms with E-state index in [-0.39, 0.29) is 16.9 Å². The number of halogens is 1. The summed E-state index contributed by atoms with van der Waals surface area (Å²) in [7, 11) is 0. The van der Waals surface area contributed by atoms with E-state index < -0.39 is 0 Å². The van der Waals surface area contributed by atoms with Gasteiger partial charge >= 0.3 is 0 Å². The van der Waals surface area contributed by atoms with E-state index in [0.29, 0.717) is 19.3 Å². The quantitative estimate of drug-likeness (QED) is 0.815. The topological polar surface area (TPSA) is 51.5 Å². The lowest BCUT2D eigenvalue weighted by molar-refractivity contribution is 0.0273. The van der Waals surface area contributed by atoms with Gasteiger partial charge in [-0.2, -0.15) is 0 Å². The van der Waals surface area contributed by atoms with Gasteiger partial charge in [-0.05, 0) is 43.0 Å². The van der Waals surface area contributed by atoms with Gasteiger partial charge in [0, 0.05) is 13.2 Å². The smallest absolute Gasteiger partial charge is 0.287 e. The molecule has 1 saturated carbocycles. The number of nitrogens with one attached hydrogen (secondary N) is 1. The Morgan fingerprint density at radius 2 is 2.16 bits per heavy atom. The molecule has 0 bridgehead atoms. The molecule has 1 aromatic rings. The van der Waals surface area contributed by atoms with Gasteiger partial charge in [0.2, 0.25) is 0 Å². The number of furan rings is 1. The molecule has 0 aromatic carbocycles. The second kappa shape index (κ2) is 7.56. The summed E-state index contributed by atoms with van der Waals surface area (Å²) in [5, 5.41) is 3.01. The lowest BCUT2D eigenvalue weighted by atomic mass is 9.98. The number of hydrogen-bond acceptors (Lipinski definition) is 3. The molecule has 1 amide bonds. The second-order valence-electron chi connectivity index (χ2n) is 4.84. The van der Waals surface area contributed by atoms with Crippen LogP contribution in [0.1, 0.15) is 49.1 Å². The Morgan fingerprint density at radius 1 is 1.37 bits per heavy atom. The largest absolute Gasteiger partial charge is 0.440 e. The van der Waals surface area contributed by atoms with Crippen molar-refractivity contribution in [1.29, 1.82) is 0 Å².